The van der Waals surface area contributed by atoms with E-state index in [0.29, 0.717) is 29.9 Å². The molecule has 0 saturated heterocycles. The Balaban J connectivity index is 2.39. The summed E-state index contributed by atoms with van der Waals surface area (Å²) in [6.45, 7) is 5.26. The molecule has 0 bridgehead atoms. The Morgan fingerprint density at radius 3 is 2.25 bits per heavy atom. The number of rotatable bonds is 2. The Labute approximate surface area is 105 Å². The lowest BCUT2D eigenvalue weighted by Crippen LogP contribution is -2.16. The molecule has 1 aliphatic heterocycles. The largest absolute Gasteiger partial charge is 0.486 e. The lowest BCUT2D eigenvalue weighted by Gasteiger charge is -2.22. The summed E-state index contributed by atoms with van der Waals surface area (Å²) in [5, 5.41) is 0.529. The molecular weight excluding hydrogens is 247 g/mol. The van der Waals surface area contributed by atoms with E-state index < -0.39 is 0 Å². The number of hydrogen-bond donors (Lipinski definition) is 0. The quantitative estimate of drug-likeness (QED) is 0.748. The molecule has 0 saturated carbocycles. The first-order valence-corrected chi connectivity index (χ1v) is 6.14. The number of hydrogen-bond acceptors (Lipinski definition) is 2. The highest BCUT2D eigenvalue weighted by Gasteiger charge is 2.21. The van der Waals surface area contributed by atoms with Gasteiger partial charge in [-0.2, -0.15) is 0 Å². The van der Waals surface area contributed by atoms with Crippen LogP contribution in [0.3, 0.4) is 0 Å². The van der Waals surface area contributed by atoms with Crippen molar-refractivity contribution in [2.45, 2.75) is 19.2 Å². The number of ether oxygens (including phenoxy) is 2. The minimum atomic E-state index is -0.108. The van der Waals surface area contributed by atoms with E-state index in [2.05, 4.69) is 13.8 Å². The van der Waals surface area contributed by atoms with Crippen molar-refractivity contribution in [3.63, 3.8) is 0 Å². The van der Waals surface area contributed by atoms with Crippen LogP contribution in [0.4, 0.5) is 0 Å². The Morgan fingerprint density at radius 2 is 1.69 bits per heavy atom. The van der Waals surface area contributed by atoms with E-state index in [9.17, 15) is 0 Å². The van der Waals surface area contributed by atoms with Crippen molar-refractivity contribution in [2.75, 3.05) is 13.2 Å². The highest BCUT2D eigenvalue weighted by atomic mass is 35.5. The molecule has 0 spiro atoms. The van der Waals surface area contributed by atoms with Gasteiger partial charge in [0.2, 0.25) is 0 Å². The third kappa shape index (κ3) is 2.23. The summed E-state index contributed by atoms with van der Waals surface area (Å²) in [6, 6.07) is 3.66. The maximum Gasteiger partial charge on any atom is 0.162 e. The molecule has 4 heteroatoms. The molecule has 1 aliphatic rings. The molecule has 16 heavy (non-hydrogen) atoms. The van der Waals surface area contributed by atoms with E-state index in [4.69, 9.17) is 32.7 Å². The molecule has 1 aromatic carbocycles. The fourth-order valence-corrected chi connectivity index (χ4v) is 2.16. The zero-order valence-corrected chi connectivity index (χ0v) is 10.8. The molecule has 2 rings (SSSR count). The zero-order chi connectivity index (χ0) is 11.7. The van der Waals surface area contributed by atoms with Gasteiger partial charge in [-0.25, -0.2) is 0 Å². The Hall–Kier alpha value is -0.600. The average molecular weight is 261 g/mol. The van der Waals surface area contributed by atoms with Gasteiger partial charge in [0.05, 0.1) is 5.38 Å². The summed E-state index contributed by atoms with van der Waals surface area (Å²) in [4.78, 5) is 0. The van der Waals surface area contributed by atoms with Crippen LogP contribution >= 0.6 is 23.2 Å². The summed E-state index contributed by atoms with van der Waals surface area (Å²) >= 11 is 12.5. The molecule has 1 aromatic rings. The fourth-order valence-electron chi connectivity index (χ4n) is 1.65. The Morgan fingerprint density at radius 1 is 1.12 bits per heavy atom. The van der Waals surface area contributed by atoms with E-state index in [1.54, 1.807) is 6.07 Å². The van der Waals surface area contributed by atoms with Crippen molar-refractivity contribution in [2.24, 2.45) is 5.92 Å². The van der Waals surface area contributed by atoms with Crippen LogP contribution in [-0.4, -0.2) is 13.2 Å². The zero-order valence-electron chi connectivity index (χ0n) is 9.30. The summed E-state index contributed by atoms with van der Waals surface area (Å²) in [7, 11) is 0. The van der Waals surface area contributed by atoms with Crippen LogP contribution in [-0.2, 0) is 0 Å². The molecule has 1 unspecified atom stereocenters. The summed E-state index contributed by atoms with van der Waals surface area (Å²) < 4.78 is 11.0. The van der Waals surface area contributed by atoms with Crippen LogP contribution in [0, 0.1) is 5.92 Å². The van der Waals surface area contributed by atoms with Crippen molar-refractivity contribution >= 4 is 23.2 Å². The van der Waals surface area contributed by atoms with Gasteiger partial charge in [-0.05, 0) is 17.5 Å². The molecular formula is C12H14Cl2O2. The lowest BCUT2D eigenvalue weighted by molar-refractivity contribution is 0.171. The first kappa shape index (κ1) is 11.9. The monoisotopic (exact) mass is 260 g/mol. The van der Waals surface area contributed by atoms with E-state index >= 15 is 0 Å². The van der Waals surface area contributed by atoms with Gasteiger partial charge in [-0.1, -0.05) is 25.4 Å². The smallest absolute Gasteiger partial charge is 0.162 e. The van der Waals surface area contributed by atoms with Gasteiger partial charge in [0.15, 0.2) is 11.5 Å². The van der Waals surface area contributed by atoms with Gasteiger partial charge in [0, 0.05) is 11.1 Å². The Kier molecular flexibility index (Phi) is 3.50. The molecule has 0 amide bonds. The van der Waals surface area contributed by atoms with Gasteiger partial charge in [0.25, 0.3) is 0 Å². The molecule has 0 radical (unpaired) electrons. The molecule has 0 N–H and O–H groups in total. The van der Waals surface area contributed by atoms with Crippen molar-refractivity contribution in [3.05, 3.63) is 22.7 Å². The molecule has 88 valence electrons. The van der Waals surface area contributed by atoms with Crippen LogP contribution in [0.15, 0.2) is 12.1 Å². The van der Waals surface area contributed by atoms with Crippen LogP contribution in [0.1, 0.15) is 24.8 Å². The minimum Gasteiger partial charge on any atom is -0.486 e. The second-order valence-corrected chi connectivity index (χ2v) is 5.04. The predicted molar refractivity (Wildman–Crippen MR) is 65.9 cm³/mol. The number of benzene rings is 1. The minimum absolute atomic E-state index is 0.108. The van der Waals surface area contributed by atoms with Gasteiger partial charge >= 0.3 is 0 Å². The second-order valence-electron chi connectivity index (χ2n) is 4.16. The molecule has 1 atom stereocenters. The number of fused-ring (bicyclic) bond motifs is 1. The molecule has 0 fully saturated rings. The fraction of sp³-hybridized carbons (Fsp3) is 0.500. The maximum atomic E-state index is 6.31. The standard InChI is InChI=1S/C12H14Cl2O2/c1-7(2)12(14)8-5-10-11(6-9(8)13)16-4-3-15-10/h5-7,12H,3-4H2,1-2H3. The van der Waals surface area contributed by atoms with Gasteiger partial charge in [-0.3, -0.25) is 0 Å². The van der Waals surface area contributed by atoms with Crippen molar-refractivity contribution in [1.29, 1.82) is 0 Å². The summed E-state index contributed by atoms with van der Waals surface area (Å²) in [6.07, 6.45) is 0. The molecule has 1 heterocycles. The third-order valence-electron chi connectivity index (χ3n) is 2.54. The van der Waals surface area contributed by atoms with Gasteiger partial charge in [0.1, 0.15) is 13.2 Å². The van der Waals surface area contributed by atoms with Gasteiger partial charge < -0.3 is 9.47 Å². The highest BCUT2D eigenvalue weighted by molar-refractivity contribution is 6.33. The van der Waals surface area contributed by atoms with Crippen molar-refractivity contribution in [3.8, 4) is 11.5 Å². The first-order chi connectivity index (χ1) is 7.59. The highest BCUT2D eigenvalue weighted by Crippen LogP contribution is 2.41. The van der Waals surface area contributed by atoms with Crippen LogP contribution in [0.5, 0.6) is 11.5 Å². The van der Waals surface area contributed by atoms with E-state index in [1.807, 2.05) is 6.07 Å². The second kappa shape index (κ2) is 4.72. The first-order valence-electron chi connectivity index (χ1n) is 5.32. The van der Waals surface area contributed by atoms with Crippen molar-refractivity contribution < 1.29 is 9.47 Å². The summed E-state index contributed by atoms with van der Waals surface area (Å²) in [5.74, 6) is 1.76. The molecule has 0 aromatic heterocycles. The number of halogens is 2. The van der Waals surface area contributed by atoms with E-state index in [0.717, 1.165) is 11.3 Å². The van der Waals surface area contributed by atoms with Crippen LogP contribution < -0.4 is 9.47 Å². The maximum absolute atomic E-state index is 6.31. The topological polar surface area (TPSA) is 18.5 Å². The molecule has 2 nitrogen and oxygen atoms in total. The number of alkyl halides is 1. The SMILES string of the molecule is CC(C)C(Cl)c1cc2c(cc1Cl)OCCO2. The summed E-state index contributed by atoms with van der Waals surface area (Å²) in [5.41, 5.74) is 0.905. The Bertz CT molecular complexity index is 391. The van der Waals surface area contributed by atoms with E-state index in [1.165, 1.54) is 0 Å². The van der Waals surface area contributed by atoms with E-state index in [-0.39, 0.29) is 5.38 Å². The average Bonchev–Trinajstić information content (AvgIpc) is 2.27. The normalized spacial score (nSPS) is 16.3. The third-order valence-corrected chi connectivity index (χ3v) is 3.61. The predicted octanol–water partition coefficient (Wildman–Crippen LogP) is 4.05. The molecule has 0 aliphatic carbocycles. The van der Waals surface area contributed by atoms with Crippen LogP contribution in [0.2, 0.25) is 5.02 Å². The van der Waals surface area contributed by atoms with Gasteiger partial charge in [-0.15, -0.1) is 11.6 Å². The van der Waals surface area contributed by atoms with Crippen molar-refractivity contribution in [1.82, 2.24) is 0 Å². The van der Waals surface area contributed by atoms with Crippen LogP contribution in [0.25, 0.3) is 0 Å². The lowest BCUT2D eigenvalue weighted by atomic mass is 10.0.